The van der Waals surface area contributed by atoms with Gasteiger partial charge in [-0.15, -0.1) is 0 Å². The van der Waals surface area contributed by atoms with Gasteiger partial charge < -0.3 is 5.32 Å². The molecule has 0 radical (unpaired) electrons. The van der Waals surface area contributed by atoms with Gasteiger partial charge in [0.05, 0.1) is 5.69 Å². The van der Waals surface area contributed by atoms with Crippen molar-refractivity contribution in [3.63, 3.8) is 0 Å². The average molecular weight is 395 g/mol. The van der Waals surface area contributed by atoms with E-state index in [4.69, 9.17) is 0 Å². The molecule has 0 saturated carbocycles. The van der Waals surface area contributed by atoms with Gasteiger partial charge in [-0.3, -0.25) is 19.4 Å². The third-order valence-corrected chi connectivity index (χ3v) is 5.13. The summed E-state index contributed by atoms with van der Waals surface area (Å²) in [7, 11) is 0. The van der Waals surface area contributed by atoms with Crippen molar-refractivity contribution in [1.82, 2.24) is 5.01 Å². The van der Waals surface area contributed by atoms with Crippen LogP contribution in [0.1, 0.15) is 11.1 Å². The summed E-state index contributed by atoms with van der Waals surface area (Å²) in [6.45, 7) is 3.61. The summed E-state index contributed by atoms with van der Waals surface area (Å²) >= 11 is 0. The largest absolute Gasteiger partial charge is 0.324 e. The van der Waals surface area contributed by atoms with Gasteiger partial charge in [-0.05, 0) is 55.3 Å². The van der Waals surface area contributed by atoms with Gasteiger partial charge in [0.2, 0.25) is 5.91 Å². The number of fused-ring (bicyclic) bond motifs is 1. The first-order valence-corrected chi connectivity index (χ1v) is 9.03. The van der Waals surface area contributed by atoms with E-state index in [1.165, 1.54) is 29.3 Å². The molecule has 148 valence electrons. The first-order chi connectivity index (χ1) is 13.9. The lowest BCUT2D eigenvalue weighted by Crippen LogP contribution is -2.43. The summed E-state index contributed by atoms with van der Waals surface area (Å²) in [5, 5.41) is 11.8. The van der Waals surface area contributed by atoms with Crippen LogP contribution in [-0.4, -0.2) is 41.4 Å². The molecular formula is C20H18FN5O3. The molecule has 2 aromatic carbocycles. The van der Waals surface area contributed by atoms with Crippen molar-refractivity contribution in [2.24, 2.45) is 10.3 Å². The van der Waals surface area contributed by atoms with Crippen molar-refractivity contribution in [3.05, 3.63) is 59.4 Å². The van der Waals surface area contributed by atoms with Gasteiger partial charge in [0.15, 0.2) is 12.1 Å². The number of nitrogens with zero attached hydrogens (tertiary/aromatic N) is 4. The number of hydrogen-bond acceptors (Lipinski definition) is 6. The molecule has 2 aliphatic rings. The lowest BCUT2D eigenvalue weighted by molar-refractivity contribution is -0.123. The summed E-state index contributed by atoms with van der Waals surface area (Å²) in [5.74, 6) is -1.94. The number of hydrogen-bond donors (Lipinski definition) is 1. The van der Waals surface area contributed by atoms with E-state index >= 15 is 0 Å². The van der Waals surface area contributed by atoms with Crippen molar-refractivity contribution >= 4 is 29.1 Å². The zero-order valence-electron chi connectivity index (χ0n) is 15.8. The Bertz CT molecular complexity index is 1040. The SMILES string of the molecule is Cc1cccc(NC(=O)CN2N=NC3C(=O)N(c4ccc(F)cc4)C(=O)C32)c1C. The molecule has 2 heterocycles. The number of carbonyl (C=O) groups excluding carboxylic acids is 3. The molecule has 1 fully saturated rings. The highest BCUT2D eigenvalue weighted by molar-refractivity contribution is 6.25. The number of halogens is 1. The molecule has 0 aromatic heterocycles. The van der Waals surface area contributed by atoms with E-state index in [0.29, 0.717) is 5.69 Å². The fourth-order valence-electron chi connectivity index (χ4n) is 3.42. The van der Waals surface area contributed by atoms with Crippen LogP contribution in [0.25, 0.3) is 0 Å². The second kappa shape index (κ2) is 7.08. The molecule has 0 bridgehead atoms. The number of benzene rings is 2. The first-order valence-electron chi connectivity index (χ1n) is 9.03. The Labute approximate surface area is 166 Å². The van der Waals surface area contributed by atoms with Gasteiger partial charge in [-0.25, -0.2) is 9.29 Å². The topological polar surface area (TPSA) is 94.4 Å². The average Bonchev–Trinajstić information content (AvgIpc) is 3.20. The Kier molecular flexibility index (Phi) is 4.57. The van der Waals surface area contributed by atoms with Gasteiger partial charge in [-0.2, -0.15) is 5.11 Å². The Morgan fingerprint density at radius 3 is 2.55 bits per heavy atom. The highest BCUT2D eigenvalue weighted by Gasteiger charge is 2.55. The van der Waals surface area contributed by atoms with Crippen LogP contribution in [0.2, 0.25) is 0 Å². The summed E-state index contributed by atoms with van der Waals surface area (Å²) in [4.78, 5) is 38.9. The van der Waals surface area contributed by atoms with E-state index in [1.807, 2.05) is 26.0 Å². The van der Waals surface area contributed by atoms with Crippen LogP contribution in [0, 0.1) is 19.7 Å². The summed E-state index contributed by atoms with van der Waals surface area (Å²) < 4.78 is 13.2. The number of imide groups is 1. The first kappa shape index (κ1) is 18.7. The number of aryl methyl sites for hydroxylation is 1. The molecule has 2 unspecified atom stereocenters. The molecule has 1 N–H and O–H groups in total. The van der Waals surface area contributed by atoms with Crippen LogP contribution in [0.5, 0.6) is 0 Å². The number of rotatable bonds is 4. The molecule has 4 rings (SSSR count). The number of carbonyl (C=O) groups is 3. The van der Waals surface area contributed by atoms with E-state index in [-0.39, 0.29) is 18.1 Å². The van der Waals surface area contributed by atoms with E-state index in [1.54, 1.807) is 6.07 Å². The van der Waals surface area contributed by atoms with Gasteiger partial charge in [0, 0.05) is 5.69 Å². The number of amides is 3. The predicted molar refractivity (Wildman–Crippen MR) is 103 cm³/mol. The van der Waals surface area contributed by atoms with Crippen LogP contribution in [0.4, 0.5) is 15.8 Å². The molecule has 1 saturated heterocycles. The molecule has 29 heavy (non-hydrogen) atoms. The molecule has 0 spiro atoms. The smallest absolute Gasteiger partial charge is 0.263 e. The zero-order chi connectivity index (χ0) is 20.7. The molecule has 2 aromatic rings. The molecule has 0 aliphatic carbocycles. The summed E-state index contributed by atoms with van der Waals surface area (Å²) in [6, 6.07) is 8.59. The Morgan fingerprint density at radius 2 is 1.83 bits per heavy atom. The minimum atomic E-state index is -1.01. The van der Waals surface area contributed by atoms with Gasteiger partial charge >= 0.3 is 0 Å². The van der Waals surface area contributed by atoms with Gasteiger partial charge in [0.25, 0.3) is 11.8 Å². The molecule has 9 heteroatoms. The maximum atomic E-state index is 13.2. The maximum absolute atomic E-state index is 13.2. The molecule has 2 atom stereocenters. The van der Waals surface area contributed by atoms with Crippen molar-refractivity contribution in [2.75, 3.05) is 16.8 Å². The minimum absolute atomic E-state index is 0.228. The second-order valence-corrected chi connectivity index (χ2v) is 6.98. The molecule has 3 amide bonds. The quantitative estimate of drug-likeness (QED) is 0.804. The lowest BCUT2D eigenvalue weighted by atomic mass is 10.1. The second-order valence-electron chi connectivity index (χ2n) is 6.98. The van der Waals surface area contributed by atoms with E-state index in [2.05, 4.69) is 15.7 Å². The van der Waals surface area contributed by atoms with E-state index in [9.17, 15) is 18.8 Å². The van der Waals surface area contributed by atoms with Crippen molar-refractivity contribution in [1.29, 1.82) is 0 Å². The number of anilines is 2. The molecular weight excluding hydrogens is 377 g/mol. The van der Waals surface area contributed by atoms with Gasteiger partial charge in [-0.1, -0.05) is 17.4 Å². The molecule has 8 nitrogen and oxygen atoms in total. The summed E-state index contributed by atoms with van der Waals surface area (Å²) in [6.07, 6.45) is 0. The fraction of sp³-hybridized carbons (Fsp3) is 0.250. The van der Waals surface area contributed by atoms with Crippen LogP contribution in [0.3, 0.4) is 0 Å². The van der Waals surface area contributed by atoms with Crippen molar-refractivity contribution in [2.45, 2.75) is 25.9 Å². The minimum Gasteiger partial charge on any atom is -0.324 e. The Morgan fingerprint density at radius 1 is 1.10 bits per heavy atom. The third-order valence-electron chi connectivity index (χ3n) is 5.13. The lowest BCUT2D eigenvalue weighted by Gasteiger charge is -2.20. The van der Waals surface area contributed by atoms with Crippen LogP contribution >= 0.6 is 0 Å². The standard InChI is InChI=1S/C20H18FN5O3/c1-11-4-3-5-15(12(11)2)22-16(27)10-25-18-17(23-24-25)19(28)26(20(18)29)14-8-6-13(21)7-9-14/h3-9,17-18H,10H2,1-2H3,(H,22,27). The van der Waals surface area contributed by atoms with Crippen LogP contribution < -0.4 is 10.2 Å². The fourth-order valence-corrected chi connectivity index (χ4v) is 3.42. The molecule has 2 aliphatic heterocycles. The summed E-state index contributed by atoms with van der Waals surface area (Å²) in [5.41, 5.74) is 2.90. The van der Waals surface area contributed by atoms with Crippen LogP contribution in [0.15, 0.2) is 52.8 Å². The van der Waals surface area contributed by atoms with Crippen molar-refractivity contribution < 1.29 is 18.8 Å². The maximum Gasteiger partial charge on any atom is 0.263 e. The highest BCUT2D eigenvalue weighted by atomic mass is 19.1. The Hall–Kier alpha value is -3.62. The monoisotopic (exact) mass is 395 g/mol. The van der Waals surface area contributed by atoms with Crippen molar-refractivity contribution in [3.8, 4) is 0 Å². The Balaban J connectivity index is 1.49. The van der Waals surface area contributed by atoms with E-state index < -0.39 is 29.7 Å². The predicted octanol–water partition coefficient (Wildman–Crippen LogP) is 2.37. The van der Waals surface area contributed by atoms with Gasteiger partial charge in [0.1, 0.15) is 12.4 Å². The third kappa shape index (κ3) is 3.24. The number of nitrogens with one attached hydrogen (secondary N) is 1. The highest BCUT2D eigenvalue weighted by Crippen LogP contribution is 2.31. The van der Waals surface area contributed by atoms with Crippen LogP contribution in [-0.2, 0) is 14.4 Å². The zero-order valence-corrected chi connectivity index (χ0v) is 15.8. The normalized spacial score (nSPS) is 20.4. The van der Waals surface area contributed by atoms with E-state index in [0.717, 1.165) is 16.0 Å².